The van der Waals surface area contributed by atoms with Crippen LogP contribution >= 0.6 is 11.6 Å². The van der Waals surface area contributed by atoms with E-state index in [1.165, 1.54) is 31.3 Å². The average Bonchev–Trinajstić information content (AvgIpc) is 1.59. The number of ether oxygens (including phenoxy) is 7. The molecule has 6 aliphatic rings. The minimum atomic E-state index is -3.70. The van der Waals surface area contributed by atoms with Gasteiger partial charge in [-0.2, -0.15) is 0 Å². The first-order valence-electron chi connectivity index (χ1n) is 44.5. The summed E-state index contributed by atoms with van der Waals surface area (Å²) in [6.45, 7) is 4.89. The summed E-state index contributed by atoms with van der Waals surface area (Å²) >= 11 is 6.09. The minimum absolute atomic E-state index is 0. The van der Waals surface area contributed by atoms with Gasteiger partial charge in [0.2, 0.25) is 67.3 Å². The van der Waals surface area contributed by atoms with Crippen LogP contribution in [0.4, 0.5) is 23.3 Å². The van der Waals surface area contributed by atoms with Crippen LogP contribution in [-0.2, 0) is 82.2 Å². The normalized spacial score (nSPS) is 15.1. The third-order valence-corrected chi connectivity index (χ3v) is 29.0. The second-order valence-corrected chi connectivity index (χ2v) is 39.8. The molecule has 35 heteroatoms. The second-order valence-electron chi connectivity index (χ2n) is 33.8. The number of carbonyl (C=O) groups excluding carboxylic acids is 5. The van der Waals surface area contributed by atoms with Gasteiger partial charge in [-0.25, -0.2) is 59.4 Å². The smallest absolute Gasteiger partial charge is 0.251 e. The van der Waals surface area contributed by atoms with Crippen LogP contribution in [0.15, 0.2) is 247 Å². The van der Waals surface area contributed by atoms with Gasteiger partial charge < -0.3 is 64.8 Å². The van der Waals surface area contributed by atoms with Crippen molar-refractivity contribution >= 4 is 94.5 Å². The summed E-state index contributed by atoms with van der Waals surface area (Å²) in [5.74, 6) is 5.34. The molecule has 9 N–H and O–H groups in total. The summed E-state index contributed by atoms with van der Waals surface area (Å²) in [7, 11) is -4.34. The van der Waals surface area contributed by atoms with Crippen molar-refractivity contribution in [2.24, 2.45) is 0 Å². The van der Waals surface area contributed by atoms with E-state index in [1.807, 2.05) is 135 Å². The molecule has 18 rings (SSSR count). The van der Waals surface area contributed by atoms with E-state index in [0.29, 0.717) is 85.3 Å². The predicted molar refractivity (Wildman–Crippen MR) is 529 cm³/mol. The Labute approximate surface area is 806 Å². The Hall–Kier alpha value is -13.6. The van der Waals surface area contributed by atoms with E-state index in [4.69, 9.17) is 49.9 Å². The number of amides is 5. The van der Waals surface area contributed by atoms with Crippen molar-refractivity contribution in [1.82, 2.24) is 39.4 Å². The minimum Gasteiger partial charge on any atom is -0.493 e. The van der Waals surface area contributed by atoms with Crippen LogP contribution in [0.25, 0.3) is 44.9 Å². The van der Waals surface area contributed by atoms with Crippen molar-refractivity contribution in [3.8, 4) is 79.4 Å². The Morgan fingerprint density at radius 1 is 0.453 bits per heavy atom. The molecule has 0 spiro atoms. The first kappa shape index (κ1) is 98.0. The number of anilines is 4. The highest BCUT2D eigenvalue weighted by Gasteiger charge is 2.54. The van der Waals surface area contributed by atoms with Gasteiger partial charge in [0.05, 0.1) is 88.8 Å². The maximum Gasteiger partial charge on any atom is 0.251 e. The van der Waals surface area contributed by atoms with Crippen LogP contribution in [0.3, 0.4) is 0 Å². The molecule has 4 saturated carbocycles. The summed E-state index contributed by atoms with van der Waals surface area (Å²) < 4.78 is 116. The highest BCUT2D eigenvalue weighted by atomic mass is 35.5. The molecule has 4 aromatic heterocycles. The molecular weight excluding hydrogens is 1830 g/mol. The van der Waals surface area contributed by atoms with Gasteiger partial charge in [0.25, 0.3) is 5.91 Å². The number of nitrogens with one attached hydrogen (secondary N) is 8. The molecule has 0 unspecified atom stereocenters. The van der Waals surface area contributed by atoms with Gasteiger partial charge >= 0.3 is 0 Å². The van der Waals surface area contributed by atoms with Gasteiger partial charge in [0, 0.05) is 64.9 Å². The van der Waals surface area contributed by atoms with Crippen LogP contribution in [0, 0.1) is 13.8 Å². The zero-order valence-electron chi connectivity index (χ0n) is 76.4. The number of aromatic nitrogens is 4. The lowest BCUT2D eigenvalue weighted by Crippen LogP contribution is -2.42. The standard InChI is InChI=1S/C26H28ClN3O3S.C26H27N3O7S.C26H25N3O4.C24H25N3O5S.4H2/c1-34(32,33)28-18-19-8-10-20(11-9-19)23-6-5-7-24(29-23)30-25(31)26(16-3-2-4-17-26)21-12-14-22(27)15-13-21;30-13-15-34-14-12-27-37(32,33)20-7-4-18(5-8-20)21-2-1-3-24(28-21)29-25(31)26(10-11-26)19-6-9-22-23(16-19)36-17-35-22;1-15-16(2)23(28-13-20(15)17-4-6-18(7-5-17)24(30)27-3)29-25(31)26(10-11-26)19-8-9-21-22(12-19)33-14-32-21;1-25-33(29,30)18-10-7-16(8-11-18)19-5-4-6-22(26-19)27-23(28)24(13-14-24)17-9-12-20(31-2)21(15-17)32-3;;;;/h5-15,28H,2-4,16-18H2,1H3,(H,29,30,31);1-9,16,27,30H,10-15,17H2,(H,28,29,31);4-9,12-13H,10-11,14H2,1-3H3,(H,27,30)(H,28,29,31);4-12,15,25H,13-14H2,1-3H3,(H,26,27,28);4*1H. The molecule has 8 aromatic carbocycles. The summed E-state index contributed by atoms with van der Waals surface area (Å²) in [6.07, 6.45) is 12.1. The molecule has 137 heavy (non-hydrogen) atoms. The molecule has 0 atom stereocenters. The zero-order valence-corrected chi connectivity index (χ0v) is 79.6. The van der Waals surface area contributed by atoms with E-state index in [2.05, 4.69) is 60.7 Å². The molecule has 31 nitrogen and oxygen atoms in total. The Kier molecular flexibility index (Phi) is 30.3. The van der Waals surface area contributed by atoms with E-state index in [-0.39, 0.29) is 91.5 Å². The second kappa shape index (κ2) is 42.4. The number of methoxy groups -OCH3 is 2. The maximum atomic E-state index is 13.6. The lowest BCUT2D eigenvalue weighted by Gasteiger charge is -2.36. The molecule has 0 radical (unpaired) electrons. The van der Waals surface area contributed by atoms with Crippen LogP contribution < -0.4 is 69.2 Å². The molecule has 12 aromatic rings. The van der Waals surface area contributed by atoms with E-state index in [9.17, 15) is 49.2 Å². The fraction of sp³-hybridized carbons (Fsp3) is 0.284. The largest absolute Gasteiger partial charge is 0.493 e. The summed E-state index contributed by atoms with van der Waals surface area (Å²) in [5.41, 5.74) is 10.9. The summed E-state index contributed by atoms with van der Waals surface area (Å²) in [4.78, 5) is 83.7. The van der Waals surface area contributed by atoms with Crippen molar-refractivity contribution in [1.29, 1.82) is 0 Å². The number of halogens is 1. The lowest BCUT2D eigenvalue weighted by molar-refractivity contribution is -0.123. The number of aliphatic hydroxyl groups is 1. The van der Waals surface area contributed by atoms with Crippen molar-refractivity contribution in [2.45, 2.75) is 122 Å². The highest BCUT2D eigenvalue weighted by Crippen LogP contribution is 2.54. The number of nitrogens with zero attached hydrogens (tertiary/aromatic N) is 4. The van der Waals surface area contributed by atoms with E-state index in [1.54, 1.807) is 112 Å². The molecule has 4 fully saturated rings. The van der Waals surface area contributed by atoms with Gasteiger partial charge in [0.15, 0.2) is 34.5 Å². The Balaban J connectivity index is 0.000000178. The maximum absolute atomic E-state index is 13.6. The summed E-state index contributed by atoms with van der Waals surface area (Å²) in [5, 5.41) is 24.0. The Bertz CT molecular complexity index is 6850. The molecule has 2 aliphatic heterocycles. The van der Waals surface area contributed by atoms with E-state index < -0.39 is 51.7 Å². The van der Waals surface area contributed by atoms with Crippen molar-refractivity contribution in [3.63, 3.8) is 0 Å². The first-order valence-corrected chi connectivity index (χ1v) is 49.8. The molecule has 720 valence electrons. The van der Waals surface area contributed by atoms with Crippen molar-refractivity contribution in [2.75, 3.05) is 95.8 Å². The summed E-state index contributed by atoms with van der Waals surface area (Å²) in [6, 6.07) is 68.3. The van der Waals surface area contributed by atoms with Gasteiger partial charge in [-0.15, -0.1) is 0 Å². The van der Waals surface area contributed by atoms with Gasteiger partial charge in [-0.3, -0.25) is 24.0 Å². The van der Waals surface area contributed by atoms with E-state index in [0.717, 1.165) is 144 Å². The lowest BCUT2D eigenvalue weighted by atomic mass is 9.68. The zero-order chi connectivity index (χ0) is 96.9. The van der Waals surface area contributed by atoms with Gasteiger partial charge in [-0.05, 0) is 238 Å². The van der Waals surface area contributed by atoms with Crippen LogP contribution in [0.5, 0.6) is 34.5 Å². The number of aliphatic hydroxyl groups excluding tert-OH is 1. The number of sulfonamides is 3. The average molecular weight is 1940 g/mol. The third kappa shape index (κ3) is 22.9. The fourth-order valence-electron chi connectivity index (χ4n) is 16.6. The molecule has 4 aliphatic carbocycles. The highest BCUT2D eigenvalue weighted by molar-refractivity contribution is 7.90. The Morgan fingerprint density at radius 3 is 1.34 bits per heavy atom. The van der Waals surface area contributed by atoms with Crippen molar-refractivity contribution < 1.29 is 93.2 Å². The van der Waals surface area contributed by atoms with Crippen LogP contribution in [0.2, 0.25) is 5.02 Å². The number of hydrogen-bond acceptors (Lipinski definition) is 23. The SMILES string of the molecule is CNC(=O)c1ccc(-c2cnc(NC(=O)C3(c4ccc5c(c4)OCO5)CC3)c(C)c2C)cc1.CNS(=O)(=O)c1ccc(-c2cccc(NC(=O)C3(c4ccc(OC)c(OC)c4)CC3)n2)cc1.CS(=O)(=O)NCc1ccc(-c2cccc(NC(=O)C3(c4ccc(Cl)cc4)CCCCC3)n2)cc1.O=C(Nc1cccc(-c2ccc(S(=O)(=O)NCCOCCO)cc2)n1)C1(c2ccc3c(c2)OCO3)CC1.[HH].[HH].[HH].[HH]. The van der Waals surface area contributed by atoms with Crippen LogP contribution in [-0.4, -0.2) is 154 Å². The molecule has 0 bridgehead atoms. The topological polar surface area (TPSA) is 420 Å². The predicted octanol–water partition coefficient (Wildman–Crippen LogP) is 16.2. The first-order chi connectivity index (χ1) is 65.9. The third-order valence-electron chi connectivity index (χ3n) is 25.2. The quantitative estimate of drug-likeness (QED) is 0.0182. The van der Waals surface area contributed by atoms with E-state index >= 15 is 0 Å². The molecule has 0 saturated heterocycles. The van der Waals surface area contributed by atoms with Gasteiger partial charge in [-0.1, -0.05) is 140 Å². The van der Waals surface area contributed by atoms with Crippen molar-refractivity contribution in [3.05, 3.63) is 286 Å². The fourth-order valence-corrected chi connectivity index (χ4v) is 18.9. The number of hydrogen-bond donors (Lipinski definition) is 9. The molecule has 6 heterocycles. The monoisotopic (exact) mass is 1940 g/mol. The number of pyridine rings is 4. The number of fused-ring (bicyclic) bond motifs is 2. The Morgan fingerprint density at radius 2 is 0.883 bits per heavy atom. The molecule has 5 amide bonds. The number of carbonyl (C=O) groups is 5. The molecular formula is C102H113ClN12O19S3. The van der Waals surface area contributed by atoms with Gasteiger partial charge in [0.1, 0.15) is 23.3 Å². The number of rotatable bonds is 31. The van der Waals surface area contributed by atoms with Crippen LogP contribution in [0.1, 0.15) is 126 Å². The number of benzene rings is 8.